The second kappa shape index (κ2) is 8.08. The van der Waals surface area contributed by atoms with Crippen molar-refractivity contribution in [1.82, 2.24) is 5.32 Å². The molecule has 116 valence electrons. The Kier molecular flexibility index (Phi) is 6.12. The molecule has 0 fully saturated rings. The lowest BCUT2D eigenvalue weighted by molar-refractivity contribution is -0.121. The predicted molar refractivity (Wildman–Crippen MR) is 87.3 cm³/mol. The van der Waals surface area contributed by atoms with Gasteiger partial charge in [0, 0.05) is 30.0 Å². The van der Waals surface area contributed by atoms with Crippen molar-refractivity contribution in [3.05, 3.63) is 57.2 Å². The van der Waals surface area contributed by atoms with E-state index in [9.17, 15) is 14.7 Å². The molecule has 0 bridgehead atoms. The van der Waals surface area contributed by atoms with Crippen LogP contribution in [0.2, 0.25) is 5.02 Å². The van der Waals surface area contributed by atoms with E-state index < -0.39 is 6.10 Å². The maximum Gasteiger partial charge on any atom is 0.220 e. The largest absolute Gasteiger partial charge is 0.387 e. The highest BCUT2D eigenvalue weighted by atomic mass is 35.5. The Morgan fingerprint density at radius 3 is 2.64 bits per heavy atom. The number of thiophene rings is 1. The number of rotatable bonds is 7. The predicted octanol–water partition coefficient (Wildman–Crippen LogP) is 3.21. The highest BCUT2D eigenvalue weighted by Gasteiger charge is 2.14. The Hall–Kier alpha value is -1.69. The van der Waals surface area contributed by atoms with Crippen LogP contribution in [0, 0.1) is 0 Å². The number of amides is 1. The minimum Gasteiger partial charge on any atom is -0.387 e. The fourth-order valence-corrected chi connectivity index (χ4v) is 2.90. The van der Waals surface area contributed by atoms with Crippen LogP contribution in [0.4, 0.5) is 0 Å². The number of hydrogen-bond donors (Lipinski definition) is 2. The number of benzene rings is 1. The van der Waals surface area contributed by atoms with Crippen LogP contribution in [-0.2, 0) is 4.79 Å². The van der Waals surface area contributed by atoms with E-state index in [1.54, 1.807) is 36.4 Å². The van der Waals surface area contributed by atoms with Gasteiger partial charge in [-0.3, -0.25) is 9.59 Å². The first-order valence-corrected chi connectivity index (χ1v) is 8.09. The molecular formula is C16H16ClNO3S. The van der Waals surface area contributed by atoms with E-state index in [0.717, 1.165) is 0 Å². The number of carbonyl (C=O) groups is 2. The normalized spacial score (nSPS) is 11.9. The van der Waals surface area contributed by atoms with Gasteiger partial charge < -0.3 is 10.4 Å². The molecular weight excluding hydrogens is 322 g/mol. The van der Waals surface area contributed by atoms with Gasteiger partial charge in [-0.25, -0.2) is 0 Å². The molecule has 1 aromatic heterocycles. The maximum absolute atomic E-state index is 11.8. The molecule has 6 heteroatoms. The molecule has 1 heterocycles. The summed E-state index contributed by atoms with van der Waals surface area (Å²) in [6.45, 7) is 0.0652. The lowest BCUT2D eigenvalue weighted by Gasteiger charge is -2.13. The molecule has 2 N–H and O–H groups in total. The summed E-state index contributed by atoms with van der Waals surface area (Å²) >= 11 is 7.34. The molecule has 0 aliphatic carbocycles. The van der Waals surface area contributed by atoms with Crippen LogP contribution in [0.15, 0.2) is 41.8 Å². The Balaban J connectivity index is 1.76. The fourth-order valence-electron chi connectivity index (χ4n) is 1.94. The summed E-state index contributed by atoms with van der Waals surface area (Å²) in [5.41, 5.74) is 0.569. The molecule has 22 heavy (non-hydrogen) atoms. The lowest BCUT2D eigenvalue weighted by Crippen LogP contribution is -2.28. The van der Waals surface area contributed by atoms with Gasteiger partial charge in [0.15, 0.2) is 5.78 Å². The maximum atomic E-state index is 11.8. The zero-order chi connectivity index (χ0) is 15.9. The molecule has 0 aliphatic rings. The van der Waals surface area contributed by atoms with Gasteiger partial charge in [0.2, 0.25) is 5.91 Å². The topological polar surface area (TPSA) is 66.4 Å². The number of Topliss-reactive ketones (excluding diaryl/α,β-unsaturated/α-hetero) is 1. The number of ketones is 1. The lowest BCUT2D eigenvalue weighted by atomic mass is 10.1. The minimum atomic E-state index is -0.870. The van der Waals surface area contributed by atoms with Gasteiger partial charge in [0.1, 0.15) is 0 Å². The van der Waals surface area contributed by atoms with Crippen LogP contribution in [0.25, 0.3) is 0 Å². The smallest absolute Gasteiger partial charge is 0.220 e. The SMILES string of the molecule is O=C(CCC(=O)c1cccs1)NCC(O)c1ccccc1Cl. The van der Waals surface area contributed by atoms with Gasteiger partial charge in [0.05, 0.1) is 11.0 Å². The highest BCUT2D eigenvalue weighted by molar-refractivity contribution is 7.12. The van der Waals surface area contributed by atoms with Crippen LogP contribution in [0.1, 0.15) is 34.2 Å². The molecule has 0 spiro atoms. The molecule has 1 unspecified atom stereocenters. The van der Waals surface area contributed by atoms with Crippen molar-refractivity contribution in [3.8, 4) is 0 Å². The van der Waals surface area contributed by atoms with Gasteiger partial charge in [-0.2, -0.15) is 0 Å². The Bertz CT molecular complexity index is 643. The number of nitrogens with one attached hydrogen (secondary N) is 1. The third kappa shape index (κ3) is 4.66. The summed E-state index contributed by atoms with van der Waals surface area (Å²) < 4.78 is 0. The molecule has 0 aliphatic heterocycles. The van der Waals surface area contributed by atoms with E-state index in [-0.39, 0.29) is 31.1 Å². The fraction of sp³-hybridized carbons (Fsp3) is 0.250. The zero-order valence-electron chi connectivity index (χ0n) is 11.8. The van der Waals surface area contributed by atoms with Crippen molar-refractivity contribution in [2.75, 3.05) is 6.54 Å². The second-order valence-corrected chi connectivity index (χ2v) is 6.10. The van der Waals surface area contributed by atoms with Gasteiger partial charge in [-0.1, -0.05) is 35.9 Å². The van der Waals surface area contributed by atoms with E-state index in [0.29, 0.717) is 15.5 Å². The van der Waals surface area contributed by atoms with Crippen LogP contribution < -0.4 is 5.32 Å². The van der Waals surface area contributed by atoms with Crippen LogP contribution >= 0.6 is 22.9 Å². The first-order chi connectivity index (χ1) is 10.6. The van der Waals surface area contributed by atoms with Crippen LogP contribution in [-0.4, -0.2) is 23.3 Å². The Labute approximate surface area is 137 Å². The molecule has 1 atom stereocenters. The molecule has 2 rings (SSSR count). The summed E-state index contributed by atoms with van der Waals surface area (Å²) in [6, 6.07) is 10.5. The average Bonchev–Trinajstić information content (AvgIpc) is 3.05. The standard InChI is InChI=1S/C16H16ClNO3S/c17-12-5-2-1-4-11(12)14(20)10-18-16(21)8-7-13(19)15-6-3-9-22-15/h1-6,9,14,20H,7-8,10H2,(H,18,21). The van der Waals surface area contributed by atoms with E-state index in [4.69, 9.17) is 11.6 Å². The molecule has 0 radical (unpaired) electrons. The highest BCUT2D eigenvalue weighted by Crippen LogP contribution is 2.21. The Morgan fingerprint density at radius 1 is 1.18 bits per heavy atom. The number of halogens is 1. The van der Waals surface area contributed by atoms with Gasteiger partial charge >= 0.3 is 0 Å². The van der Waals surface area contributed by atoms with Crippen molar-refractivity contribution < 1.29 is 14.7 Å². The Morgan fingerprint density at radius 2 is 1.95 bits per heavy atom. The summed E-state index contributed by atoms with van der Waals surface area (Å²) in [6.07, 6.45) is -0.605. The van der Waals surface area contributed by atoms with Crippen molar-refractivity contribution in [3.63, 3.8) is 0 Å². The third-order valence-corrected chi connectivity index (χ3v) is 4.39. The number of aliphatic hydroxyl groups is 1. The molecule has 1 amide bonds. The summed E-state index contributed by atoms with van der Waals surface area (Å²) in [5.74, 6) is -0.312. The van der Waals surface area contributed by atoms with Crippen LogP contribution in [0.5, 0.6) is 0 Å². The summed E-state index contributed by atoms with van der Waals surface area (Å²) in [7, 11) is 0. The van der Waals surface area contributed by atoms with Crippen molar-refractivity contribution in [2.24, 2.45) is 0 Å². The van der Waals surface area contributed by atoms with Crippen molar-refractivity contribution in [2.45, 2.75) is 18.9 Å². The van der Waals surface area contributed by atoms with Gasteiger partial charge in [-0.15, -0.1) is 11.3 Å². The van der Waals surface area contributed by atoms with Crippen molar-refractivity contribution >= 4 is 34.6 Å². The van der Waals surface area contributed by atoms with Gasteiger partial charge in [-0.05, 0) is 17.5 Å². The number of aliphatic hydroxyl groups excluding tert-OH is 1. The molecule has 0 saturated heterocycles. The zero-order valence-corrected chi connectivity index (χ0v) is 13.4. The van der Waals surface area contributed by atoms with Crippen molar-refractivity contribution in [1.29, 1.82) is 0 Å². The first-order valence-electron chi connectivity index (χ1n) is 6.84. The summed E-state index contributed by atoms with van der Waals surface area (Å²) in [5, 5.41) is 14.9. The summed E-state index contributed by atoms with van der Waals surface area (Å²) in [4.78, 5) is 24.2. The van der Waals surface area contributed by atoms with E-state index in [1.807, 2.05) is 5.38 Å². The average molecular weight is 338 g/mol. The monoisotopic (exact) mass is 337 g/mol. The van der Waals surface area contributed by atoms with Gasteiger partial charge in [0.25, 0.3) is 0 Å². The second-order valence-electron chi connectivity index (χ2n) is 4.74. The molecule has 4 nitrogen and oxygen atoms in total. The van der Waals surface area contributed by atoms with E-state index >= 15 is 0 Å². The van der Waals surface area contributed by atoms with E-state index in [2.05, 4.69) is 5.32 Å². The molecule has 0 saturated carbocycles. The van der Waals surface area contributed by atoms with Crippen LogP contribution in [0.3, 0.4) is 0 Å². The number of hydrogen-bond acceptors (Lipinski definition) is 4. The quantitative estimate of drug-likeness (QED) is 0.762. The molecule has 1 aromatic carbocycles. The third-order valence-electron chi connectivity index (χ3n) is 3.13. The molecule has 2 aromatic rings. The first kappa shape index (κ1) is 16.7. The van der Waals surface area contributed by atoms with E-state index in [1.165, 1.54) is 11.3 Å². The minimum absolute atomic E-state index is 0.0446. The number of carbonyl (C=O) groups excluding carboxylic acids is 2.